The standard InChI is InChI=1S/C9H6ClNO2S/c10-5-1-2-6-7(8(5)11)4(3-14-6)9(12)13/h1-3H,11H2,(H,12,13). The van der Waals surface area contributed by atoms with Crippen molar-refractivity contribution in [1.29, 1.82) is 0 Å². The van der Waals surface area contributed by atoms with Gasteiger partial charge in [-0.1, -0.05) is 11.6 Å². The first kappa shape index (κ1) is 9.30. The highest BCUT2D eigenvalue weighted by Gasteiger charge is 2.14. The molecule has 1 aromatic carbocycles. The third-order valence-corrected chi connectivity index (χ3v) is 3.23. The van der Waals surface area contributed by atoms with E-state index in [2.05, 4.69) is 0 Å². The highest BCUT2D eigenvalue weighted by molar-refractivity contribution is 7.17. The molecule has 2 aromatic rings. The van der Waals surface area contributed by atoms with Crippen LogP contribution in [0.3, 0.4) is 0 Å². The SMILES string of the molecule is Nc1c(Cl)ccc2scc(C(=O)O)c12. The molecule has 0 radical (unpaired) electrons. The van der Waals surface area contributed by atoms with Gasteiger partial charge in [0.2, 0.25) is 0 Å². The maximum Gasteiger partial charge on any atom is 0.337 e. The van der Waals surface area contributed by atoms with Crippen LogP contribution in [-0.2, 0) is 0 Å². The molecule has 0 unspecified atom stereocenters. The normalized spacial score (nSPS) is 10.6. The molecule has 0 atom stereocenters. The molecule has 0 amide bonds. The average molecular weight is 228 g/mol. The van der Waals surface area contributed by atoms with Gasteiger partial charge >= 0.3 is 5.97 Å². The average Bonchev–Trinajstić information content (AvgIpc) is 2.55. The van der Waals surface area contributed by atoms with Gasteiger partial charge in [0, 0.05) is 15.5 Å². The van der Waals surface area contributed by atoms with E-state index in [1.165, 1.54) is 11.3 Å². The number of aromatic carboxylic acids is 1. The van der Waals surface area contributed by atoms with Crippen LogP contribution in [0.1, 0.15) is 10.4 Å². The van der Waals surface area contributed by atoms with Gasteiger partial charge in [0.25, 0.3) is 0 Å². The largest absolute Gasteiger partial charge is 0.478 e. The van der Waals surface area contributed by atoms with Crippen molar-refractivity contribution >= 4 is 44.7 Å². The van der Waals surface area contributed by atoms with Gasteiger partial charge in [-0.25, -0.2) is 4.79 Å². The summed E-state index contributed by atoms with van der Waals surface area (Å²) in [5, 5.41) is 11.4. The van der Waals surface area contributed by atoms with Gasteiger partial charge in [0.05, 0.1) is 16.3 Å². The summed E-state index contributed by atoms with van der Waals surface area (Å²) in [7, 11) is 0. The first-order valence-corrected chi connectivity index (χ1v) is 5.05. The summed E-state index contributed by atoms with van der Waals surface area (Å²) in [6.45, 7) is 0. The summed E-state index contributed by atoms with van der Waals surface area (Å²) >= 11 is 7.15. The Balaban J connectivity index is 2.89. The van der Waals surface area contributed by atoms with Gasteiger partial charge in [-0.2, -0.15) is 0 Å². The number of anilines is 1. The number of hydrogen-bond acceptors (Lipinski definition) is 3. The number of benzene rings is 1. The highest BCUT2D eigenvalue weighted by atomic mass is 35.5. The topological polar surface area (TPSA) is 63.3 Å². The lowest BCUT2D eigenvalue weighted by Gasteiger charge is -2.00. The van der Waals surface area contributed by atoms with E-state index < -0.39 is 5.97 Å². The minimum Gasteiger partial charge on any atom is -0.478 e. The molecule has 0 bridgehead atoms. The zero-order valence-corrected chi connectivity index (χ0v) is 8.52. The fraction of sp³-hybridized carbons (Fsp3) is 0. The van der Waals surface area contributed by atoms with Crippen LogP contribution in [0.2, 0.25) is 5.02 Å². The van der Waals surface area contributed by atoms with Crippen molar-refractivity contribution in [3.63, 3.8) is 0 Å². The molecule has 0 aliphatic rings. The molecule has 0 aliphatic heterocycles. The van der Waals surface area contributed by atoms with E-state index in [1.54, 1.807) is 17.5 Å². The number of nitrogen functional groups attached to an aromatic ring is 1. The van der Waals surface area contributed by atoms with Crippen LogP contribution >= 0.6 is 22.9 Å². The van der Waals surface area contributed by atoms with Crippen LogP contribution in [0.25, 0.3) is 10.1 Å². The predicted molar refractivity (Wildman–Crippen MR) is 58.2 cm³/mol. The lowest BCUT2D eigenvalue weighted by molar-refractivity contribution is 0.0699. The smallest absolute Gasteiger partial charge is 0.337 e. The second-order valence-electron chi connectivity index (χ2n) is 2.79. The van der Waals surface area contributed by atoms with E-state index >= 15 is 0 Å². The Morgan fingerprint density at radius 2 is 2.21 bits per heavy atom. The number of thiophene rings is 1. The van der Waals surface area contributed by atoms with Crippen molar-refractivity contribution in [1.82, 2.24) is 0 Å². The number of carboxylic acids is 1. The third kappa shape index (κ3) is 1.23. The molecule has 0 saturated carbocycles. The summed E-state index contributed by atoms with van der Waals surface area (Å²) in [5.74, 6) is -0.981. The van der Waals surface area contributed by atoms with Crippen molar-refractivity contribution in [2.45, 2.75) is 0 Å². The summed E-state index contributed by atoms with van der Waals surface area (Å²) < 4.78 is 0.837. The fourth-order valence-electron chi connectivity index (χ4n) is 1.29. The van der Waals surface area contributed by atoms with Crippen LogP contribution < -0.4 is 5.73 Å². The Kier molecular flexibility index (Phi) is 2.09. The molecular weight excluding hydrogens is 222 g/mol. The van der Waals surface area contributed by atoms with Gasteiger partial charge in [-0.15, -0.1) is 11.3 Å². The first-order valence-electron chi connectivity index (χ1n) is 3.79. The second-order valence-corrected chi connectivity index (χ2v) is 4.11. The van der Waals surface area contributed by atoms with E-state index in [4.69, 9.17) is 22.4 Å². The molecule has 1 aromatic heterocycles. The molecule has 1 heterocycles. The zero-order valence-electron chi connectivity index (χ0n) is 6.95. The van der Waals surface area contributed by atoms with Crippen molar-refractivity contribution in [2.24, 2.45) is 0 Å². The number of rotatable bonds is 1. The van der Waals surface area contributed by atoms with E-state index in [0.29, 0.717) is 16.1 Å². The number of hydrogen-bond donors (Lipinski definition) is 2. The van der Waals surface area contributed by atoms with E-state index in [9.17, 15) is 4.79 Å². The van der Waals surface area contributed by atoms with Gasteiger partial charge in [0.15, 0.2) is 0 Å². The maximum atomic E-state index is 10.8. The molecule has 14 heavy (non-hydrogen) atoms. The Hall–Kier alpha value is -1.26. The second kappa shape index (κ2) is 3.15. The van der Waals surface area contributed by atoms with Gasteiger partial charge < -0.3 is 10.8 Å². The summed E-state index contributed by atoms with van der Waals surface area (Å²) in [6, 6.07) is 3.44. The minimum atomic E-state index is -0.981. The lowest BCUT2D eigenvalue weighted by atomic mass is 10.1. The molecule has 3 N–H and O–H groups in total. The number of halogens is 1. The Labute approximate surface area is 88.7 Å². The van der Waals surface area contributed by atoms with Gasteiger partial charge in [0.1, 0.15) is 0 Å². The van der Waals surface area contributed by atoms with Crippen LogP contribution in [-0.4, -0.2) is 11.1 Å². The molecule has 0 saturated heterocycles. The molecule has 2 rings (SSSR count). The highest BCUT2D eigenvalue weighted by Crippen LogP contribution is 2.35. The summed E-state index contributed by atoms with van der Waals surface area (Å²) in [4.78, 5) is 10.8. The molecule has 5 heteroatoms. The van der Waals surface area contributed by atoms with E-state index in [0.717, 1.165) is 4.70 Å². The van der Waals surface area contributed by atoms with Crippen LogP contribution in [0.4, 0.5) is 5.69 Å². The number of fused-ring (bicyclic) bond motifs is 1. The van der Waals surface area contributed by atoms with Crippen molar-refractivity contribution < 1.29 is 9.90 Å². The van der Waals surface area contributed by atoms with Crippen LogP contribution in [0, 0.1) is 0 Å². The van der Waals surface area contributed by atoms with Crippen LogP contribution in [0.15, 0.2) is 17.5 Å². The fourth-order valence-corrected chi connectivity index (χ4v) is 2.39. The molecule has 72 valence electrons. The minimum absolute atomic E-state index is 0.213. The quantitative estimate of drug-likeness (QED) is 0.737. The number of carboxylic acid groups (broad SMARTS) is 1. The third-order valence-electron chi connectivity index (χ3n) is 1.96. The molecule has 0 aliphatic carbocycles. The van der Waals surface area contributed by atoms with Crippen molar-refractivity contribution in [3.8, 4) is 0 Å². The Morgan fingerprint density at radius 1 is 1.50 bits per heavy atom. The monoisotopic (exact) mass is 227 g/mol. The molecule has 0 fully saturated rings. The van der Waals surface area contributed by atoms with E-state index in [1.807, 2.05) is 0 Å². The van der Waals surface area contributed by atoms with Crippen molar-refractivity contribution in [2.75, 3.05) is 5.73 Å². The summed E-state index contributed by atoms with van der Waals surface area (Å²) in [5.41, 5.74) is 6.26. The maximum absolute atomic E-state index is 10.8. The number of carbonyl (C=O) groups is 1. The lowest BCUT2D eigenvalue weighted by Crippen LogP contribution is -1.96. The first-order chi connectivity index (χ1) is 6.61. The van der Waals surface area contributed by atoms with Crippen molar-refractivity contribution in [3.05, 3.63) is 28.1 Å². The predicted octanol–water partition coefficient (Wildman–Crippen LogP) is 2.84. The Morgan fingerprint density at radius 3 is 2.86 bits per heavy atom. The van der Waals surface area contributed by atoms with E-state index in [-0.39, 0.29) is 5.56 Å². The van der Waals surface area contributed by atoms with Gasteiger partial charge in [-0.3, -0.25) is 0 Å². The molecule has 0 spiro atoms. The zero-order chi connectivity index (χ0) is 10.3. The van der Waals surface area contributed by atoms with Gasteiger partial charge in [-0.05, 0) is 12.1 Å². The molecule has 3 nitrogen and oxygen atoms in total. The summed E-state index contributed by atoms with van der Waals surface area (Å²) in [6.07, 6.45) is 0. The number of nitrogens with two attached hydrogens (primary N) is 1. The Bertz CT molecular complexity index is 521. The molecular formula is C9H6ClNO2S. The van der Waals surface area contributed by atoms with Crippen LogP contribution in [0.5, 0.6) is 0 Å².